The zero-order valence-electron chi connectivity index (χ0n) is 17.6. The summed E-state index contributed by atoms with van der Waals surface area (Å²) in [6.45, 7) is -1.20. The first-order chi connectivity index (χ1) is 16.8. The fourth-order valence-corrected chi connectivity index (χ4v) is 4.30. The van der Waals surface area contributed by atoms with Crippen LogP contribution < -0.4 is 9.62 Å². The zero-order valence-corrected chi connectivity index (χ0v) is 19.2. The summed E-state index contributed by atoms with van der Waals surface area (Å²) in [7, 11) is 0. The highest BCUT2D eigenvalue weighted by atomic mass is 35.5. The van der Waals surface area contributed by atoms with E-state index in [1.807, 2.05) is 0 Å². The fourth-order valence-electron chi connectivity index (χ4n) is 3.52. The summed E-state index contributed by atoms with van der Waals surface area (Å²) in [5.74, 6) is -2.81. The van der Waals surface area contributed by atoms with Gasteiger partial charge in [-0.3, -0.25) is 23.3 Å². The molecule has 12 heteroatoms. The number of anilines is 2. The Morgan fingerprint density at radius 1 is 1.09 bits per heavy atom. The molecule has 0 aliphatic heterocycles. The van der Waals surface area contributed by atoms with Crippen LogP contribution in [0.15, 0.2) is 67.0 Å². The van der Waals surface area contributed by atoms with E-state index in [0.29, 0.717) is 11.6 Å². The molecule has 0 aliphatic rings. The van der Waals surface area contributed by atoms with Crippen LogP contribution in [-0.2, 0) is 11.3 Å². The number of alkyl halides is 1. The number of hydrogen-bond acceptors (Lipinski definition) is 5. The molecule has 0 fully saturated rings. The first kappa shape index (κ1) is 24.6. The monoisotopic (exact) mass is 519 g/mol. The molecular weight excluding hydrogens is 505 g/mol. The molecule has 1 amide bonds. The number of nitrogens with one attached hydrogen (secondary N) is 1. The maximum Gasteiger partial charge on any atom is 0.254 e. The molecule has 0 saturated heterocycles. The number of benzene rings is 3. The van der Waals surface area contributed by atoms with Gasteiger partial charge < -0.3 is 9.87 Å². The number of halogens is 4. The standard InChI is InChI=1S/C23H16ClF3N4O3S/c24-13-4-6-16(23(32)30-19(12-25)15-7-5-14(26)11-17(15)27)21(10-13)31(35(33)34)20-3-1-2-18-22(20)29-9-8-28-18/h1-11,19H,12H2,(H,30,32)(H,33,34)/p-1. The highest BCUT2D eigenvalue weighted by Gasteiger charge is 2.25. The number of para-hydroxylation sites is 1. The largest absolute Gasteiger partial charge is 0.755 e. The van der Waals surface area contributed by atoms with Crippen LogP contribution in [0.4, 0.5) is 24.5 Å². The van der Waals surface area contributed by atoms with Gasteiger partial charge in [0, 0.05) is 29.0 Å². The van der Waals surface area contributed by atoms with Crippen LogP contribution in [0.2, 0.25) is 5.02 Å². The molecule has 1 aromatic heterocycles. The normalized spacial score (nSPS) is 12.8. The second-order valence-electron chi connectivity index (χ2n) is 7.22. The molecule has 0 spiro atoms. The highest BCUT2D eigenvalue weighted by molar-refractivity contribution is 7.81. The lowest BCUT2D eigenvalue weighted by Gasteiger charge is -2.29. The number of aromatic nitrogens is 2. The summed E-state index contributed by atoms with van der Waals surface area (Å²) in [4.78, 5) is 21.5. The lowest BCUT2D eigenvalue weighted by molar-refractivity contribution is 0.0929. The SMILES string of the molecule is O=C(NC(CF)c1ccc(F)cc1F)c1ccc(Cl)cc1N(c1cccc2nccnc12)S(=O)[O-]. The van der Waals surface area contributed by atoms with Crippen molar-refractivity contribution in [3.05, 3.63) is 94.8 Å². The van der Waals surface area contributed by atoms with Gasteiger partial charge in [0.15, 0.2) is 0 Å². The van der Waals surface area contributed by atoms with E-state index in [1.54, 1.807) is 12.1 Å². The van der Waals surface area contributed by atoms with Gasteiger partial charge in [0.25, 0.3) is 5.91 Å². The summed E-state index contributed by atoms with van der Waals surface area (Å²) in [5, 5.41) is 2.44. The lowest BCUT2D eigenvalue weighted by atomic mass is 10.1. The Morgan fingerprint density at radius 2 is 1.86 bits per heavy atom. The van der Waals surface area contributed by atoms with Crippen molar-refractivity contribution in [1.29, 1.82) is 0 Å². The predicted octanol–water partition coefficient (Wildman–Crippen LogP) is 4.93. The average molecular weight is 520 g/mol. The van der Waals surface area contributed by atoms with Crippen LogP contribution in [0.3, 0.4) is 0 Å². The van der Waals surface area contributed by atoms with Crippen molar-refractivity contribution < 1.29 is 26.7 Å². The minimum absolute atomic E-state index is 0.0897. The van der Waals surface area contributed by atoms with Crippen LogP contribution in [-0.4, -0.2) is 31.3 Å². The van der Waals surface area contributed by atoms with Gasteiger partial charge in [-0.05, 0) is 36.4 Å². The van der Waals surface area contributed by atoms with Crippen molar-refractivity contribution in [2.45, 2.75) is 6.04 Å². The first-order valence-corrected chi connectivity index (χ1v) is 11.4. The van der Waals surface area contributed by atoms with Crippen molar-refractivity contribution in [1.82, 2.24) is 15.3 Å². The Kier molecular flexibility index (Phi) is 7.29. The van der Waals surface area contributed by atoms with Gasteiger partial charge >= 0.3 is 0 Å². The minimum Gasteiger partial charge on any atom is -0.755 e. The van der Waals surface area contributed by atoms with Crippen molar-refractivity contribution in [2.75, 3.05) is 11.0 Å². The maximum atomic E-state index is 14.2. The topological polar surface area (TPSA) is 98.2 Å². The predicted molar refractivity (Wildman–Crippen MR) is 125 cm³/mol. The van der Waals surface area contributed by atoms with Gasteiger partial charge in [-0.2, -0.15) is 0 Å². The molecule has 0 radical (unpaired) electrons. The minimum atomic E-state index is -2.95. The summed E-state index contributed by atoms with van der Waals surface area (Å²) in [5.41, 5.74) is 0.107. The number of carbonyl (C=O) groups excluding carboxylic acids is 1. The van der Waals surface area contributed by atoms with Crippen LogP contribution in [0.25, 0.3) is 11.0 Å². The molecule has 1 N–H and O–H groups in total. The molecule has 4 rings (SSSR count). The number of carbonyl (C=O) groups is 1. The summed E-state index contributed by atoms with van der Waals surface area (Å²) in [6.07, 6.45) is 2.82. The molecule has 0 saturated carbocycles. The summed E-state index contributed by atoms with van der Waals surface area (Å²) >= 11 is 3.16. The highest BCUT2D eigenvalue weighted by Crippen LogP contribution is 2.35. The third-order valence-corrected chi connectivity index (χ3v) is 5.99. The molecule has 1 heterocycles. The number of nitrogens with zero attached hydrogens (tertiary/aromatic N) is 3. The van der Waals surface area contributed by atoms with E-state index in [2.05, 4.69) is 15.3 Å². The van der Waals surface area contributed by atoms with Crippen LogP contribution in [0.5, 0.6) is 0 Å². The molecule has 2 atom stereocenters. The van der Waals surface area contributed by atoms with Crippen molar-refractivity contribution in [3.8, 4) is 0 Å². The summed E-state index contributed by atoms with van der Waals surface area (Å²) in [6, 6.07) is 9.56. The van der Waals surface area contributed by atoms with Crippen LogP contribution >= 0.6 is 11.6 Å². The smallest absolute Gasteiger partial charge is 0.254 e. The van der Waals surface area contributed by atoms with E-state index in [-0.39, 0.29) is 33.0 Å². The number of amides is 1. The Balaban J connectivity index is 1.79. The van der Waals surface area contributed by atoms with E-state index in [0.717, 1.165) is 16.4 Å². The van der Waals surface area contributed by atoms with Crippen molar-refractivity contribution >= 4 is 51.2 Å². The Hall–Kier alpha value is -3.54. The van der Waals surface area contributed by atoms with E-state index in [4.69, 9.17) is 11.6 Å². The molecule has 0 aliphatic carbocycles. The third kappa shape index (κ3) is 5.11. The lowest BCUT2D eigenvalue weighted by Crippen LogP contribution is -2.32. The van der Waals surface area contributed by atoms with E-state index in [9.17, 15) is 26.7 Å². The van der Waals surface area contributed by atoms with Gasteiger partial charge in [0.1, 0.15) is 23.8 Å². The van der Waals surface area contributed by atoms with E-state index >= 15 is 0 Å². The molecule has 7 nitrogen and oxygen atoms in total. The second-order valence-corrected chi connectivity index (χ2v) is 8.46. The van der Waals surface area contributed by atoms with E-state index < -0.39 is 41.5 Å². The quantitative estimate of drug-likeness (QED) is 0.349. The Labute approximate surface area is 205 Å². The number of rotatable bonds is 7. The molecule has 3 aromatic carbocycles. The molecule has 180 valence electrons. The molecule has 2 unspecified atom stereocenters. The van der Waals surface area contributed by atoms with Crippen molar-refractivity contribution in [3.63, 3.8) is 0 Å². The molecule has 35 heavy (non-hydrogen) atoms. The average Bonchev–Trinajstić information content (AvgIpc) is 2.83. The summed E-state index contributed by atoms with van der Waals surface area (Å²) < 4.78 is 66.8. The van der Waals surface area contributed by atoms with E-state index in [1.165, 1.54) is 36.7 Å². The molecule has 4 aromatic rings. The first-order valence-electron chi connectivity index (χ1n) is 10.0. The maximum absolute atomic E-state index is 14.2. The van der Waals surface area contributed by atoms with Crippen molar-refractivity contribution in [2.24, 2.45) is 0 Å². The van der Waals surface area contributed by atoms with Crippen LogP contribution in [0.1, 0.15) is 22.0 Å². The second kappa shape index (κ2) is 10.4. The van der Waals surface area contributed by atoms with Crippen LogP contribution in [0, 0.1) is 11.6 Å². The zero-order chi connectivity index (χ0) is 25.1. The fraction of sp³-hybridized carbons (Fsp3) is 0.0870. The molecular formula is C23H15ClF3N4O3S-. The van der Waals surface area contributed by atoms with Gasteiger partial charge in [-0.25, -0.2) is 13.2 Å². The number of fused-ring (bicyclic) bond motifs is 1. The van der Waals surface area contributed by atoms with Gasteiger partial charge in [0.2, 0.25) is 0 Å². The third-order valence-electron chi connectivity index (χ3n) is 5.07. The van der Waals surface area contributed by atoms with Gasteiger partial charge in [0.05, 0.1) is 39.8 Å². The van der Waals surface area contributed by atoms with Gasteiger partial charge in [-0.1, -0.05) is 23.7 Å². The molecule has 0 bridgehead atoms. The number of hydrogen-bond donors (Lipinski definition) is 1. The van der Waals surface area contributed by atoms with Gasteiger partial charge in [-0.15, -0.1) is 0 Å². The Bertz CT molecular complexity index is 1440. The Morgan fingerprint density at radius 3 is 2.57 bits per heavy atom.